The number of ketones is 1. The van der Waals surface area contributed by atoms with Crippen molar-refractivity contribution < 1.29 is 4.79 Å². The third-order valence-corrected chi connectivity index (χ3v) is 5.89. The maximum atomic E-state index is 13.4. The normalized spacial score (nSPS) is 11.9. The van der Waals surface area contributed by atoms with Gasteiger partial charge in [-0.05, 0) is 48.6 Å². The zero-order chi connectivity index (χ0) is 20.1. The Bertz CT molecular complexity index is 1040. The summed E-state index contributed by atoms with van der Waals surface area (Å²) >= 11 is 1.59. The quantitative estimate of drug-likeness (QED) is 0.378. The van der Waals surface area contributed by atoms with Gasteiger partial charge in [-0.2, -0.15) is 0 Å². The summed E-state index contributed by atoms with van der Waals surface area (Å²) < 4.78 is 1.88. The molecule has 4 aromatic rings. The van der Waals surface area contributed by atoms with E-state index in [9.17, 15) is 4.79 Å². The molecule has 0 saturated carbocycles. The Kier molecular flexibility index (Phi) is 5.86. The van der Waals surface area contributed by atoms with Crippen molar-refractivity contribution in [2.45, 2.75) is 19.4 Å². The van der Waals surface area contributed by atoms with Crippen molar-refractivity contribution in [3.63, 3.8) is 0 Å². The lowest BCUT2D eigenvalue weighted by Gasteiger charge is -2.30. The van der Waals surface area contributed by atoms with Crippen LogP contribution in [0, 0.1) is 0 Å². The van der Waals surface area contributed by atoms with Gasteiger partial charge in [0.1, 0.15) is 5.00 Å². The van der Waals surface area contributed by atoms with E-state index in [0.717, 1.165) is 23.7 Å². The van der Waals surface area contributed by atoms with E-state index in [-0.39, 0.29) is 11.8 Å². The van der Waals surface area contributed by atoms with Gasteiger partial charge in [0.2, 0.25) is 5.78 Å². The third-order valence-electron chi connectivity index (χ3n) is 5.02. The van der Waals surface area contributed by atoms with Crippen LogP contribution in [0.2, 0.25) is 0 Å². The molecule has 0 unspecified atom stereocenters. The van der Waals surface area contributed by atoms with Gasteiger partial charge in [-0.1, -0.05) is 48.5 Å². The largest absolute Gasteiger partial charge is 0.361 e. The van der Waals surface area contributed by atoms with Crippen LogP contribution < -0.4 is 4.90 Å². The molecule has 4 rings (SSSR count). The lowest BCUT2D eigenvalue weighted by Crippen LogP contribution is -2.41. The zero-order valence-corrected chi connectivity index (χ0v) is 17.1. The summed E-state index contributed by atoms with van der Waals surface area (Å²) in [4.78, 5) is 20.0. The van der Waals surface area contributed by atoms with Crippen LogP contribution >= 0.6 is 11.3 Å². The number of aromatic nitrogens is 2. The zero-order valence-electron chi connectivity index (χ0n) is 16.3. The topological polar surface area (TPSA) is 38.1 Å². The van der Waals surface area contributed by atoms with Gasteiger partial charge >= 0.3 is 0 Å². The molecular formula is C24H23N3OS. The predicted molar refractivity (Wildman–Crippen MR) is 119 cm³/mol. The van der Waals surface area contributed by atoms with E-state index >= 15 is 0 Å². The van der Waals surface area contributed by atoms with Gasteiger partial charge in [-0.25, -0.2) is 4.98 Å². The molecule has 2 aromatic carbocycles. The average molecular weight is 402 g/mol. The molecule has 1 atom stereocenters. The number of para-hydroxylation sites is 1. The van der Waals surface area contributed by atoms with Crippen LogP contribution in [0.1, 0.15) is 23.1 Å². The van der Waals surface area contributed by atoms with Crippen LogP contribution in [-0.2, 0) is 6.42 Å². The number of benzene rings is 2. The van der Waals surface area contributed by atoms with E-state index in [1.807, 2.05) is 59.5 Å². The van der Waals surface area contributed by atoms with Crippen molar-refractivity contribution >= 4 is 22.8 Å². The highest BCUT2D eigenvalue weighted by molar-refractivity contribution is 7.12. The number of nitrogens with zero attached hydrogens (tertiary/aromatic N) is 3. The van der Waals surface area contributed by atoms with Crippen molar-refractivity contribution in [2.75, 3.05) is 11.4 Å². The molecule has 0 aliphatic carbocycles. The summed E-state index contributed by atoms with van der Waals surface area (Å²) in [7, 11) is 0. The molecule has 0 radical (unpaired) electrons. The number of anilines is 1. The molecule has 0 fully saturated rings. The van der Waals surface area contributed by atoms with Crippen molar-refractivity contribution in [1.29, 1.82) is 0 Å². The SMILES string of the molecule is C[C@@H](C(=O)c1nccn1-c1cccs1)N(CCc1ccccc1)c1ccccc1. The molecule has 0 amide bonds. The maximum Gasteiger partial charge on any atom is 0.220 e. The molecule has 2 heterocycles. The van der Waals surface area contributed by atoms with Crippen LogP contribution in [0.4, 0.5) is 5.69 Å². The fourth-order valence-corrected chi connectivity index (χ4v) is 4.17. The first-order chi connectivity index (χ1) is 14.2. The van der Waals surface area contributed by atoms with E-state index in [4.69, 9.17) is 0 Å². The first kappa shape index (κ1) is 19.2. The van der Waals surface area contributed by atoms with Crippen molar-refractivity contribution in [3.8, 4) is 5.00 Å². The number of imidazole rings is 1. The van der Waals surface area contributed by atoms with E-state index < -0.39 is 0 Å². The first-order valence-electron chi connectivity index (χ1n) is 9.71. The Labute approximate surface area is 175 Å². The highest BCUT2D eigenvalue weighted by Crippen LogP contribution is 2.22. The Morgan fingerprint density at radius 2 is 1.76 bits per heavy atom. The van der Waals surface area contributed by atoms with Gasteiger partial charge in [0.05, 0.1) is 6.04 Å². The van der Waals surface area contributed by atoms with Crippen molar-refractivity contribution in [2.24, 2.45) is 0 Å². The monoisotopic (exact) mass is 401 g/mol. The predicted octanol–water partition coefficient (Wildman–Crippen LogP) is 5.25. The molecule has 5 heteroatoms. The molecule has 4 nitrogen and oxygen atoms in total. The number of hydrogen-bond acceptors (Lipinski definition) is 4. The molecular weight excluding hydrogens is 378 g/mol. The molecule has 146 valence electrons. The van der Waals surface area contributed by atoms with E-state index in [0.29, 0.717) is 5.82 Å². The summed E-state index contributed by atoms with van der Waals surface area (Å²) in [5.41, 5.74) is 2.30. The molecule has 0 saturated heterocycles. The minimum Gasteiger partial charge on any atom is -0.361 e. The number of hydrogen-bond donors (Lipinski definition) is 0. The third kappa shape index (κ3) is 4.30. The number of Topliss-reactive ketones (excluding diaryl/α,β-unsaturated/α-hetero) is 1. The smallest absolute Gasteiger partial charge is 0.220 e. The van der Waals surface area contributed by atoms with Crippen LogP contribution in [0.5, 0.6) is 0 Å². The Morgan fingerprint density at radius 1 is 1.03 bits per heavy atom. The van der Waals surface area contributed by atoms with Crippen LogP contribution in [0.3, 0.4) is 0 Å². The number of thiophene rings is 1. The second-order valence-electron chi connectivity index (χ2n) is 6.88. The summed E-state index contributed by atoms with van der Waals surface area (Å²) in [6.45, 7) is 2.72. The van der Waals surface area contributed by atoms with Gasteiger partial charge in [0.15, 0.2) is 5.82 Å². The minimum atomic E-state index is -0.331. The van der Waals surface area contributed by atoms with E-state index in [1.165, 1.54) is 5.56 Å². The van der Waals surface area contributed by atoms with Gasteiger partial charge in [-0.15, -0.1) is 11.3 Å². The number of carbonyl (C=O) groups is 1. The summed E-state index contributed by atoms with van der Waals surface area (Å²) in [6, 6.07) is 24.1. The molecule has 0 aliphatic heterocycles. The molecule has 0 aliphatic rings. The Morgan fingerprint density at radius 3 is 2.45 bits per heavy atom. The van der Waals surface area contributed by atoms with Crippen LogP contribution in [0.25, 0.3) is 5.00 Å². The minimum absolute atomic E-state index is 0.0142. The van der Waals surface area contributed by atoms with Gasteiger partial charge < -0.3 is 4.90 Å². The fourth-order valence-electron chi connectivity index (χ4n) is 3.46. The van der Waals surface area contributed by atoms with Crippen molar-refractivity contribution in [1.82, 2.24) is 9.55 Å². The molecule has 0 N–H and O–H groups in total. The lowest BCUT2D eigenvalue weighted by molar-refractivity contribution is 0.0952. The summed E-state index contributed by atoms with van der Waals surface area (Å²) in [5, 5.41) is 3.00. The van der Waals surface area contributed by atoms with Gasteiger partial charge in [0, 0.05) is 24.6 Å². The van der Waals surface area contributed by atoms with Gasteiger partial charge in [0.25, 0.3) is 0 Å². The van der Waals surface area contributed by atoms with E-state index in [2.05, 4.69) is 46.3 Å². The second-order valence-corrected chi connectivity index (χ2v) is 7.80. The van der Waals surface area contributed by atoms with Crippen LogP contribution in [0.15, 0.2) is 90.6 Å². The Balaban J connectivity index is 1.60. The lowest BCUT2D eigenvalue weighted by atomic mass is 10.1. The summed E-state index contributed by atoms with van der Waals surface area (Å²) in [6.07, 6.45) is 4.41. The average Bonchev–Trinajstić information content (AvgIpc) is 3.46. The maximum absolute atomic E-state index is 13.4. The Hall–Kier alpha value is -3.18. The highest BCUT2D eigenvalue weighted by atomic mass is 32.1. The fraction of sp³-hybridized carbons (Fsp3) is 0.167. The molecule has 2 aromatic heterocycles. The second kappa shape index (κ2) is 8.88. The van der Waals surface area contributed by atoms with Crippen molar-refractivity contribution in [3.05, 3.63) is 102 Å². The molecule has 0 spiro atoms. The van der Waals surface area contributed by atoms with Crippen LogP contribution in [-0.4, -0.2) is 27.9 Å². The van der Waals surface area contributed by atoms with E-state index in [1.54, 1.807) is 17.5 Å². The summed E-state index contributed by atoms with van der Waals surface area (Å²) in [5.74, 6) is 0.487. The van der Waals surface area contributed by atoms with Gasteiger partial charge in [-0.3, -0.25) is 9.36 Å². The number of rotatable bonds is 8. The number of carbonyl (C=O) groups excluding carboxylic acids is 1. The standard InChI is InChI=1S/C24H23N3OS/c1-19(23(28)24-25-15-17-27(24)22-13-8-18-29-22)26(21-11-6-3-7-12-21)16-14-20-9-4-2-5-10-20/h2-13,15,17-19H,14,16H2,1H3/t19-/m0/s1. The highest BCUT2D eigenvalue weighted by Gasteiger charge is 2.26. The molecule has 29 heavy (non-hydrogen) atoms. The first-order valence-corrected chi connectivity index (χ1v) is 10.6. The molecule has 0 bridgehead atoms.